The zero-order valence-electron chi connectivity index (χ0n) is 29.4. The first kappa shape index (κ1) is 36.6. The van der Waals surface area contributed by atoms with E-state index in [9.17, 15) is 15.2 Å². The SMILES string of the molecule is Cc1c(COc2cc(OCc3cncc(C#N)c3)c(C=O)cc2Cl)cccc1-c1cccc(OCC(CN2CCC(O)CC2)c2ccccc2)c1C. The second-order valence-electron chi connectivity index (χ2n) is 13.2. The monoisotopic (exact) mass is 715 g/mol. The summed E-state index contributed by atoms with van der Waals surface area (Å²) in [4.78, 5) is 18.3. The van der Waals surface area contributed by atoms with Crippen molar-refractivity contribution in [2.45, 2.75) is 51.9 Å². The van der Waals surface area contributed by atoms with Gasteiger partial charge in [-0.3, -0.25) is 9.78 Å². The van der Waals surface area contributed by atoms with E-state index in [-0.39, 0.29) is 25.2 Å². The highest BCUT2D eigenvalue weighted by molar-refractivity contribution is 6.32. The summed E-state index contributed by atoms with van der Waals surface area (Å²) in [6.45, 7) is 7.73. The molecule has 1 aromatic heterocycles. The first-order chi connectivity index (χ1) is 25.3. The van der Waals surface area contributed by atoms with Crippen molar-refractivity contribution in [3.63, 3.8) is 0 Å². The molecule has 0 bridgehead atoms. The topological polar surface area (TPSA) is 105 Å². The Hall–Kier alpha value is -5.20. The third kappa shape index (κ3) is 8.99. The fourth-order valence-electron chi connectivity index (χ4n) is 6.60. The lowest BCUT2D eigenvalue weighted by atomic mass is 9.93. The fourth-order valence-corrected chi connectivity index (χ4v) is 6.83. The van der Waals surface area contributed by atoms with Gasteiger partial charge >= 0.3 is 0 Å². The molecule has 2 heterocycles. The number of hydrogen-bond donors (Lipinski definition) is 1. The number of pyridine rings is 1. The molecule has 4 aromatic carbocycles. The summed E-state index contributed by atoms with van der Waals surface area (Å²) in [5, 5.41) is 19.5. The molecule has 1 unspecified atom stereocenters. The summed E-state index contributed by atoms with van der Waals surface area (Å²) < 4.78 is 18.8. The van der Waals surface area contributed by atoms with Gasteiger partial charge in [0.1, 0.15) is 36.5 Å². The molecule has 9 heteroatoms. The van der Waals surface area contributed by atoms with Crippen LogP contribution in [0.2, 0.25) is 5.02 Å². The molecule has 0 aliphatic carbocycles. The number of halogens is 1. The molecule has 52 heavy (non-hydrogen) atoms. The number of carbonyl (C=O) groups is 1. The molecule has 0 saturated carbocycles. The van der Waals surface area contributed by atoms with E-state index in [4.69, 9.17) is 25.8 Å². The number of aliphatic hydroxyl groups is 1. The van der Waals surface area contributed by atoms with Crippen molar-refractivity contribution < 1.29 is 24.1 Å². The van der Waals surface area contributed by atoms with E-state index in [1.165, 1.54) is 17.8 Å². The zero-order valence-corrected chi connectivity index (χ0v) is 30.2. The smallest absolute Gasteiger partial charge is 0.153 e. The van der Waals surface area contributed by atoms with Crippen LogP contribution in [-0.2, 0) is 13.2 Å². The second-order valence-corrected chi connectivity index (χ2v) is 13.6. The molecule has 1 aliphatic rings. The van der Waals surface area contributed by atoms with E-state index < -0.39 is 0 Å². The van der Waals surface area contributed by atoms with Gasteiger partial charge in [-0.1, -0.05) is 72.3 Å². The van der Waals surface area contributed by atoms with Gasteiger partial charge in [-0.05, 0) is 78.3 Å². The third-order valence-corrected chi connectivity index (χ3v) is 9.96. The Labute approximate surface area is 310 Å². The van der Waals surface area contributed by atoms with Crippen molar-refractivity contribution in [2.75, 3.05) is 26.2 Å². The number of likely N-dealkylation sites (tertiary alicyclic amines) is 1. The lowest BCUT2D eigenvalue weighted by molar-refractivity contribution is 0.0763. The maximum absolute atomic E-state index is 11.8. The number of aldehydes is 1. The molecule has 266 valence electrons. The van der Waals surface area contributed by atoms with Gasteiger partial charge in [-0.2, -0.15) is 5.26 Å². The van der Waals surface area contributed by atoms with Crippen LogP contribution in [0.15, 0.2) is 97.3 Å². The minimum Gasteiger partial charge on any atom is -0.493 e. The molecule has 6 rings (SSSR count). The van der Waals surface area contributed by atoms with Crippen LogP contribution < -0.4 is 14.2 Å². The van der Waals surface area contributed by atoms with Gasteiger partial charge in [0.2, 0.25) is 0 Å². The van der Waals surface area contributed by atoms with Gasteiger partial charge in [0.25, 0.3) is 0 Å². The summed E-state index contributed by atoms with van der Waals surface area (Å²) in [7, 11) is 0. The summed E-state index contributed by atoms with van der Waals surface area (Å²) in [5.74, 6) is 1.74. The Morgan fingerprint density at radius 3 is 2.37 bits per heavy atom. The van der Waals surface area contributed by atoms with Crippen molar-refractivity contribution in [3.8, 4) is 34.4 Å². The number of rotatable bonds is 14. The standard InChI is InChI=1S/C43H42ClN3O5/c1-29-34(27-52-43-20-42(35(25-48)19-40(43)44)50-26-32-18-31(21-45)22-46-23-32)10-6-11-38(29)39-12-7-13-41(30(39)2)51-28-36(33-8-4-3-5-9-33)24-47-16-14-37(49)15-17-47/h3-13,18-20,22-23,25,36-37,49H,14-17,24,26-28H2,1-2H3. The average Bonchev–Trinajstić information content (AvgIpc) is 3.17. The Balaban J connectivity index is 1.16. The number of hydrogen-bond acceptors (Lipinski definition) is 8. The Morgan fingerprint density at radius 2 is 1.62 bits per heavy atom. The van der Waals surface area contributed by atoms with Crippen LogP contribution in [0, 0.1) is 25.2 Å². The number of ether oxygens (including phenoxy) is 3. The van der Waals surface area contributed by atoms with Crippen LogP contribution in [0.5, 0.6) is 17.2 Å². The normalized spacial score (nSPS) is 14.0. The highest BCUT2D eigenvalue weighted by atomic mass is 35.5. The number of benzene rings is 4. The molecule has 1 atom stereocenters. The summed E-state index contributed by atoms with van der Waals surface area (Å²) >= 11 is 6.55. The van der Waals surface area contributed by atoms with Crippen LogP contribution >= 0.6 is 11.6 Å². The van der Waals surface area contributed by atoms with Crippen molar-refractivity contribution >= 4 is 17.9 Å². The maximum Gasteiger partial charge on any atom is 0.153 e. The van der Waals surface area contributed by atoms with Gasteiger partial charge in [-0.15, -0.1) is 0 Å². The number of nitrogens with zero attached hydrogens (tertiary/aromatic N) is 3. The van der Waals surface area contributed by atoms with E-state index in [2.05, 4.69) is 66.2 Å². The predicted octanol–water partition coefficient (Wildman–Crippen LogP) is 8.48. The summed E-state index contributed by atoms with van der Waals surface area (Å²) in [6, 6.07) is 29.7. The molecule has 1 fully saturated rings. The van der Waals surface area contributed by atoms with Crippen LogP contribution in [0.25, 0.3) is 11.1 Å². The number of aromatic nitrogens is 1. The predicted molar refractivity (Wildman–Crippen MR) is 202 cm³/mol. The molecule has 0 radical (unpaired) electrons. The van der Waals surface area contributed by atoms with Crippen LogP contribution in [0.4, 0.5) is 0 Å². The molecule has 0 amide bonds. The number of nitriles is 1. The van der Waals surface area contributed by atoms with Crippen molar-refractivity contribution in [1.29, 1.82) is 5.26 Å². The minimum absolute atomic E-state index is 0.115. The van der Waals surface area contributed by atoms with Gasteiger partial charge in [0.15, 0.2) is 6.29 Å². The molecule has 8 nitrogen and oxygen atoms in total. The molecule has 1 saturated heterocycles. The van der Waals surface area contributed by atoms with Crippen molar-refractivity contribution in [1.82, 2.24) is 9.88 Å². The van der Waals surface area contributed by atoms with Gasteiger partial charge in [-0.25, -0.2) is 0 Å². The third-order valence-electron chi connectivity index (χ3n) is 9.66. The molecule has 1 N–H and O–H groups in total. The molecule has 5 aromatic rings. The Morgan fingerprint density at radius 1 is 0.885 bits per heavy atom. The number of aliphatic hydroxyl groups excluding tert-OH is 1. The van der Waals surface area contributed by atoms with E-state index in [1.54, 1.807) is 18.3 Å². The van der Waals surface area contributed by atoms with Gasteiger partial charge in [0.05, 0.1) is 28.9 Å². The molecular formula is C43H42ClN3O5. The van der Waals surface area contributed by atoms with Crippen molar-refractivity contribution in [3.05, 3.63) is 141 Å². The van der Waals surface area contributed by atoms with Crippen molar-refractivity contribution in [2.24, 2.45) is 0 Å². The maximum atomic E-state index is 11.8. The summed E-state index contributed by atoms with van der Waals surface area (Å²) in [6.07, 6.45) is 5.18. The Kier molecular flexibility index (Phi) is 12.2. The highest BCUT2D eigenvalue weighted by Gasteiger charge is 2.23. The number of carbonyl (C=O) groups excluding carboxylic acids is 1. The fraction of sp³-hybridized carbons (Fsp3) is 0.279. The van der Waals surface area contributed by atoms with Crippen LogP contribution in [0.1, 0.15) is 62.5 Å². The Bertz CT molecular complexity index is 2040. The summed E-state index contributed by atoms with van der Waals surface area (Å²) in [5.41, 5.74) is 7.92. The zero-order chi connectivity index (χ0) is 36.5. The lowest BCUT2D eigenvalue weighted by Crippen LogP contribution is -2.39. The quantitative estimate of drug-likeness (QED) is 0.114. The molecular weight excluding hydrogens is 674 g/mol. The first-order valence-corrected chi connectivity index (χ1v) is 17.9. The van der Waals surface area contributed by atoms with Crippen LogP contribution in [0.3, 0.4) is 0 Å². The largest absolute Gasteiger partial charge is 0.493 e. The average molecular weight is 716 g/mol. The van der Waals surface area contributed by atoms with E-state index in [0.717, 1.165) is 66.0 Å². The van der Waals surface area contributed by atoms with Crippen LogP contribution in [-0.4, -0.2) is 53.6 Å². The second kappa shape index (κ2) is 17.3. The minimum atomic E-state index is -0.203. The highest BCUT2D eigenvalue weighted by Crippen LogP contribution is 2.36. The van der Waals surface area contributed by atoms with E-state index in [0.29, 0.717) is 46.1 Å². The van der Waals surface area contributed by atoms with E-state index >= 15 is 0 Å². The van der Waals surface area contributed by atoms with E-state index in [1.807, 2.05) is 30.3 Å². The lowest BCUT2D eigenvalue weighted by Gasteiger charge is -2.32. The van der Waals surface area contributed by atoms with Gasteiger partial charge < -0.3 is 24.2 Å². The molecule has 1 aliphatic heterocycles. The van der Waals surface area contributed by atoms with Gasteiger partial charge in [0, 0.05) is 49.6 Å². The first-order valence-electron chi connectivity index (χ1n) is 17.5. The number of piperidine rings is 1. The molecule has 0 spiro atoms.